The largest absolute Gasteiger partial charge is 0.478 e. The summed E-state index contributed by atoms with van der Waals surface area (Å²) in [6, 6.07) is 4.75. The normalized spacial score (nSPS) is 11.3. The Labute approximate surface area is 73.8 Å². The Bertz CT molecular complexity index is 329. The maximum atomic E-state index is 12.7. The van der Waals surface area contributed by atoms with E-state index in [0.29, 0.717) is 0 Å². The van der Waals surface area contributed by atoms with E-state index >= 15 is 0 Å². The Morgan fingerprint density at radius 1 is 1.46 bits per heavy atom. The summed E-state index contributed by atoms with van der Waals surface area (Å²) in [4.78, 5) is 10.4. The van der Waals surface area contributed by atoms with E-state index in [1.807, 2.05) is 0 Å². The van der Waals surface area contributed by atoms with Crippen LogP contribution in [0.3, 0.4) is 0 Å². The van der Waals surface area contributed by atoms with Crippen molar-refractivity contribution in [3.05, 3.63) is 35.4 Å². The van der Waals surface area contributed by atoms with Crippen molar-refractivity contribution in [2.75, 3.05) is 0 Å². The van der Waals surface area contributed by atoms with Gasteiger partial charge in [-0.1, -0.05) is 12.1 Å². The SMILES string of the molecule is CC(F)(F)c1cccc(C(=O)O)c1. The van der Waals surface area contributed by atoms with Crippen molar-refractivity contribution in [3.8, 4) is 0 Å². The number of hydrogen-bond acceptors (Lipinski definition) is 1. The number of carboxylic acids is 1. The third kappa shape index (κ3) is 2.24. The minimum atomic E-state index is -2.99. The second-order valence-electron chi connectivity index (χ2n) is 2.77. The average Bonchev–Trinajstić information content (AvgIpc) is 2.03. The lowest BCUT2D eigenvalue weighted by molar-refractivity contribution is 0.0174. The van der Waals surface area contributed by atoms with Crippen LogP contribution in [-0.2, 0) is 5.92 Å². The molecule has 0 bridgehead atoms. The highest BCUT2D eigenvalue weighted by Gasteiger charge is 2.24. The smallest absolute Gasteiger partial charge is 0.335 e. The Morgan fingerprint density at radius 2 is 2.08 bits per heavy atom. The molecule has 4 heteroatoms. The highest BCUT2D eigenvalue weighted by molar-refractivity contribution is 5.87. The maximum absolute atomic E-state index is 12.7. The Kier molecular flexibility index (Phi) is 2.32. The van der Waals surface area contributed by atoms with Gasteiger partial charge in [0.2, 0.25) is 0 Å². The van der Waals surface area contributed by atoms with E-state index in [0.717, 1.165) is 13.0 Å². The minimum absolute atomic E-state index is 0.126. The fraction of sp³-hybridized carbons (Fsp3) is 0.222. The predicted octanol–water partition coefficient (Wildman–Crippen LogP) is 2.50. The van der Waals surface area contributed by atoms with Gasteiger partial charge < -0.3 is 5.11 Å². The summed E-state index contributed by atoms with van der Waals surface area (Å²) in [5, 5.41) is 8.53. The van der Waals surface area contributed by atoms with Crippen molar-refractivity contribution in [2.45, 2.75) is 12.8 Å². The van der Waals surface area contributed by atoms with Gasteiger partial charge in [-0.05, 0) is 12.1 Å². The Hall–Kier alpha value is -1.45. The molecule has 0 spiro atoms. The molecular formula is C9H8F2O2. The van der Waals surface area contributed by atoms with Crippen molar-refractivity contribution >= 4 is 5.97 Å². The summed E-state index contributed by atoms with van der Waals surface area (Å²) < 4.78 is 25.4. The van der Waals surface area contributed by atoms with Gasteiger partial charge in [-0.3, -0.25) is 0 Å². The molecule has 0 heterocycles. The lowest BCUT2D eigenvalue weighted by Crippen LogP contribution is -2.08. The van der Waals surface area contributed by atoms with Gasteiger partial charge >= 0.3 is 5.97 Å². The van der Waals surface area contributed by atoms with Crippen molar-refractivity contribution in [1.29, 1.82) is 0 Å². The van der Waals surface area contributed by atoms with Gasteiger partial charge in [-0.25, -0.2) is 13.6 Å². The zero-order valence-corrected chi connectivity index (χ0v) is 6.92. The van der Waals surface area contributed by atoms with E-state index in [4.69, 9.17) is 5.11 Å². The summed E-state index contributed by atoms with van der Waals surface area (Å²) in [5.74, 6) is -4.20. The van der Waals surface area contributed by atoms with Gasteiger partial charge in [0.1, 0.15) is 0 Å². The summed E-state index contributed by atoms with van der Waals surface area (Å²) >= 11 is 0. The van der Waals surface area contributed by atoms with Crippen molar-refractivity contribution in [2.24, 2.45) is 0 Å². The van der Waals surface area contributed by atoms with Gasteiger partial charge in [-0.15, -0.1) is 0 Å². The van der Waals surface area contributed by atoms with Gasteiger partial charge in [0.15, 0.2) is 0 Å². The molecule has 0 saturated carbocycles. The highest BCUT2D eigenvalue weighted by atomic mass is 19.3. The quantitative estimate of drug-likeness (QED) is 0.770. The second kappa shape index (κ2) is 3.12. The lowest BCUT2D eigenvalue weighted by atomic mass is 10.1. The molecule has 2 nitrogen and oxygen atoms in total. The van der Waals surface area contributed by atoms with E-state index < -0.39 is 11.9 Å². The van der Waals surface area contributed by atoms with Crippen LogP contribution in [0, 0.1) is 0 Å². The van der Waals surface area contributed by atoms with Gasteiger partial charge in [-0.2, -0.15) is 0 Å². The number of rotatable bonds is 2. The summed E-state index contributed by atoms with van der Waals surface area (Å²) in [7, 11) is 0. The molecule has 1 aromatic carbocycles. The maximum Gasteiger partial charge on any atom is 0.335 e. The molecule has 13 heavy (non-hydrogen) atoms. The molecular weight excluding hydrogens is 178 g/mol. The third-order valence-electron chi connectivity index (χ3n) is 1.62. The molecule has 0 aliphatic rings. The van der Waals surface area contributed by atoms with Crippen molar-refractivity contribution < 1.29 is 18.7 Å². The zero-order chi connectivity index (χ0) is 10.1. The summed E-state index contributed by atoms with van der Waals surface area (Å²) in [6.45, 7) is 0.730. The minimum Gasteiger partial charge on any atom is -0.478 e. The van der Waals surface area contributed by atoms with Crippen LogP contribution in [0.25, 0.3) is 0 Å². The third-order valence-corrected chi connectivity index (χ3v) is 1.62. The second-order valence-corrected chi connectivity index (χ2v) is 2.77. The molecule has 0 atom stereocenters. The van der Waals surface area contributed by atoms with Crippen molar-refractivity contribution in [1.82, 2.24) is 0 Å². The first-order valence-electron chi connectivity index (χ1n) is 3.63. The summed E-state index contributed by atoms with van der Waals surface area (Å²) in [6.07, 6.45) is 0. The number of hydrogen-bond donors (Lipinski definition) is 1. The highest BCUT2D eigenvalue weighted by Crippen LogP contribution is 2.27. The monoisotopic (exact) mass is 186 g/mol. The molecule has 0 aromatic heterocycles. The number of alkyl halides is 2. The molecule has 70 valence electrons. The van der Waals surface area contributed by atoms with E-state index in [1.54, 1.807) is 0 Å². The average molecular weight is 186 g/mol. The van der Waals surface area contributed by atoms with Crippen LogP contribution in [0.5, 0.6) is 0 Å². The van der Waals surface area contributed by atoms with Crippen LogP contribution in [-0.4, -0.2) is 11.1 Å². The Balaban J connectivity index is 3.13. The number of aromatic carboxylic acids is 1. The van der Waals surface area contributed by atoms with Gasteiger partial charge in [0, 0.05) is 12.5 Å². The standard InChI is InChI=1S/C9H8F2O2/c1-9(10,11)7-4-2-3-6(5-7)8(12)13/h2-5H,1H3,(H,12,13). The number of halogens is 2. The molecule has 0 aliphatic carbocycles. The molecule has 0 aliphatic heterocycles. The molecule has 1 N–H and O–H groups in total. The first kappa shape index (κ1) is 9.64. The Morgan fingerprint density at radius 3 is 2.54 bits per heavy atom. The first-order chi connectivity index (χ1) is 5.91. The molecule has 0 amide bonds. The number of carboxylic acid groups (broad SMARTS) is 1. The molecule has 0 unspecified atom stereocenters. The molecule has 1 rings (SSSR count). The molecule has 0 radical (unpaired) electrons. The van der Waals surface area contributed by atoms with Crippen LogP contribution in [0.2, 0.25) is 0 Å². The topological polar surface area (TPSA) is 37.3 Å². The first-order valence-corrected chi connectivity index (χ1v) is 3.63. The fourth-order valence-electron chi connectivity index (χ4n) is 0.925. The van der Waals surface area contributed by atoms with E-state index in [9.17, 15) is 13.6 Å². The van der Waals surface area contributed by atoms with Gasteiger partial charge in [0.25, 0.3) is 5.92 Å². The van der Waals surface area contributed by atoms with E-state index in [1.165, 1.54) is 18.2 Å². The van der Waals surface area contributed by atoms with Crippen LogP contribution in [0.15, 0.2) is 24.3 Å². The van der Waals surface area contributed by atoms with Crippen LogP contribution in [0.1, 0.15) is 22.8 Å². The number of carbonyl (C=O) groups is 1. The molecule has 0 fully saturated rings. The lowest BCUT2D eigenvalue weighted by Gasteiger charge is -2.10. The van der Waals surface area contributed by atoms with Crippen LogP contribution >= 0.6 is 0 Å². The van der Waals surface area contributed by atoms with Crippen LogP contribution in [0.4, 0.5) is 8.78 Å². The predicted molar refractivity (Wildman–Crippen MR) is 43.0 cm³/mol. The summed E-state index contributed by atoms with van der Waals surface area (Å²) in [5.41, 5.74) is -0.411. The zero-order valence-electron chi connectivity index (χ0n) is 6.92. The number of benzene rings is 1. The van der Waals surface area contributed by atoms with E-state index in [-0.39, 0.29) is 11.1 Å². The molecule has 0 saturated heterocycles. The van der Waals surface area contributed by atoms with Crippen LogP contribution < -0.4 is 0 Å². The van der Waals surface area contributed by atoms with E-state index in [2.05, 4.69) is 0 Å². The van der Waals surface area contributed by atoms with Gasteiger partial charge in [0.05, 0.1) is 5.56 Å². The fourth-order valence-corrected chi connectivity index (χ4v) is 0.925. The van der Waals surface area contributed by atoms with Crippen molar-refractivity contribution in [3.63, 3.8) is 0 Å². The molecule has 1 aromatic rings.